The molecule has 4 fully saturated rings. The molecular weight excluding hydrogens is 677 g/mol. The van der Waals surface area contributed by atoms with E-state index in [4.69, 9.17) is 14.2 Å². The third-order valence-electron chi connectivity index (χ3n) is 11.9. The topological polar surface area (TPSA) is 91.9 Å². The van der Waals surface area contributed by atoms with Gasteiger partial charge in [0.1, 0.15) is 5.75 Å². The molecule has 4 heterocycles. The summed E-state index contributed by atoms with van der Waals surface area (Å²) in [6.07, 6.45) is -1.85. The van der Waals surface area contributed by atoms with Gasteiger partial charge in [0.15, 0.2) is 0 Å². The predicted octanol–water partition coefficient (Wildman–Crippen LogP) is 5.02. The van der Waals surface area contributed by atoms with Crippen LogP contribution in [0.5, 0.6) is 5.75 Å². The smallest absolute Gasteiger partial charge is 0.416 e. The van der Waals surface area contributed by atoms with Crippen molar-refractivity contribution in [1.82, 2.24) is 14.7 Å². The van der Waals surface area contributed by atoms with E-state index in [1.165, 1.54) is 13.2 Å². The first-order valence-electron chi connectivity index (χ1n) is 18.4. The normalized spacial score (nSPS) is 25.1. The molecule has 6 rings (SSSR count). The summed E-state index contributed by atoms with van der Waals surface area (Å²) in [6.45, 7) is 6.31. The monoisotopic (exact) mass is 728 g/mol. The standard InChI is InChI=1S/C39H51F3N4O6/c1-25(47)43-17-13-30(14-18-43)45-21-33(26-5-8-31(51-3)9-6-26)35(23-45)37(48)46-20-28(24-50-2)34(22-46)32-10-7-29(39(40,41)42)19-36(32)44-15-11-27(12-16-44)38(49)52-4/h5-10,19,27-28,30,33-35H,11-18,20-24H2,1-4H3/t28-,33+,34+,35-/m1/s1. The second-order valence-corrected chi connectivity index (χ2v) is 14.8. The highest BCUT2D eigenvalue weighted by molar-refractivity contribution is 5.81. The molecule has 0 saturated carbocycles. The number of alkyl halides is 3. The number of piperidine rings is 2. The Morgan fingerprint density at radius 1 is 0.808 bits per heavy atom. The second-order valence-electron chi connectivity index (χ2n) is 14.8. The Hall–Kier alpha value is -3.84. The van der Waals surface area contributed by atoms with Crippen LogP contribution in [0.3, 0.4) is 0 Å². The van der Waals surface area contributed by atoms with E-state index in [2.05, 4.69) is 4.90 Å². The van der Waals surface area contributed by atoms with Gasteiger partial charge in [0, 0.05) is 95.9 Å². The predicted molar refractivity (Wildman–Crippen MR) is 189 cm³/mol. The number of methoxy groups -OCH3 is 3. The number of nitrogens with zero attached hydrogens (tertiary/aromatic N) is 4. The first-order valence-corrected chi connectivity index (χ1v) is 18.4. The molecule has 0 aromatic heterocycles. The molecule has 4 atom stereocenters. The highest BCUT2D eigenvalue weighted by Gasteiger charge is 2.47. The van der Waals surface area contributed by atoms with Crippen LogP contribution in [0.1, 0.15) is 61.1 Å². The molecule has 0 aliphatic carbocycles. The summed E-state index contributed by atoms with van der Waals surface area (Å²) >= 11 is 0. The Bertz CT molecular complexity index is 1570. The van der Waals surface area contributed by atoms with Crippen molar-refractivity contribution in [1.29, 1.82) is 0 Å². The lowest BCUT2D eigenvalue weighted by molar-refractivity contribution is -0.146. The molecular formula is C39H51F3N4O6. The van der Waals surface area contributed by atoms with Gasteiger partial charge in [0.2, 0.25) is 11.8 Å². The lowest BCUT2D eigenvalue weighted by Gasteiger charge is -2.36. The van der Waals surface area contributed by atoms with E-state index >= 15 is 0 Å². The van der Waals surface area contributed by atoms with E-state index in [0.717, 1.165) is 42.3 Å². The van der Waals surface area contributed by atoms with Crippen LogP contribution >= 0.6 is 0 Å². The average molecular weight is 729 g/mol. The lowest BCUT2D eigenvalue weighted by Crippen LogP contribution is -2.46. The van der Waals surface area contributed by atoms with Crippen LogP contribution < -0.4 is 9.64 Å². The highest BCUT2D eigenvalue weighted by atomic mass is 19.4. The van der Waals surface area contributed by atoms with Gasteiger partial charge >= 0.3 is 12.1 Å². The van der Waals surface area contributed by atoms with Crippen LogP contribution in [0, 0.1) is 17.8 Å². The first kappa shape index (κ1) is 37.9. The maximum atomic E-state index is 14.7. The molecule has 0 bridgehead atoms. The van der Waals surface area contributed by atoms with E-state index in [1.807, 2.05) is 39.0 Å². The number of anilines is 1. The summed E-state index contributed by atoms with van der Waals surface area (Å²) in [5, 5.41) is 0. The fourth-order valence-electron chi connectivity index (χ4n) is 8.97. The lowest BCUT2D eigenvalue weighted by atomic mass is 9.86. The number of benzene rings is 2. The molecule has 0 radical (unpaired) electrons. The molecule has 52 heavy (non-hydrogen) atoms. The first-order chi connectivity index (χ1) is 24.9. The van der Waals surface area contributed by atoms with E-state index in [9.17, 15) is 27.6 Å². The summed E-state index contributed by atoms with van der Waals surface area (Å²) in [5.41, 5.74) is 1.60. The summed E-state index contributed by atoms with van der Waals surface area (Å²) in [6, 6.07) is 12.1. The van der Waals surface area contributed by atoms with Crippen LogP contribution in [0.25, 0.3) is 0 Å². The molecule has 4 aliphatic heterocycles. The van der Waals surface area contributed by atoms with Gasteiger partial charge in [-0.15, -0.1) is 0 Å². The van der Waals surface area contributed by atoms with Gasteiger partial charge in [-0.3, -0.25) is 19.3 Å². The molecule has 4 saturated heterocycles. The Morgan fingerprint density at radius 2 is 1.50 bits per heavy atom. The number of hydrogen-bond acceptors (Lipinski definition) is 8. The van der Waals surface area contributed by atoms with E-state index in [0.29, 0.717) is 70.9 Å². The Labute approximate surface area is 304 Å². The number of ether oxygens (including phenoxy) is 3. The summed E-state index contributed by atoms with van der Waals surface area (Å²) < 4.78 is 58.2. The number of rotatable bonds is 9. The molecule has 10 nitrogen and oxygen atoms in total. The van der Waals surface area contributed by atoms with Crippen LogP contribution in [-0.4, -0.2) is 119 Å². The van der Waals surface area contributed by atoms with Gasteiger partial charge in [-0.2, -0.15) is 13.2 Å². The van der Waals surface area contributed by atoms with Crippen LogP contribution in [0.4, 0.5) is 18.9 Å². The molecule has 13 heteroatoms. The minimum atomic E-state index is -4.52. The van der Waals surface area contributed by atoms with Crippen molar-refractivity contribution in [3.63, 3.8) is 0 Å². The molecule has 0 N–H and O–H groups in total. The number of halogens is 3. The van der Waals surface area contributed by atoms with Crippen LogP contribution in [-0.2, 0) is 30.0 Å². The van der Waals surface area contributed by atoms with Crippen molar-refractivity contribution in [2.75, 3.05) is 85.2 Å². The van der Waals surface area contributed by atoms with E-state index in [-0.39, 0.29) is 53.4 Å². The maximum Gasteiger partial charge on any atom is 0.416 e. The zero-order valence-electron chi connectivity index (χ0n) is 30.6. The van der Waals surface area contributed by atoms with Crippen LogP contribution in [0.15, 0.2) is 42.5 Å². The third-order valence-corrected chi connectivity index (χ3v) is 11.9. The molecule has 2 aromatic carbocycles. The Balaban J connectivity index is 1.27. The van der Waals surface area contributed by atoms with Gasteiger partial charge < -0.3 is 28.9 Å². The zero-order valence-corrected chi connectivity index (χ0v) is 30.6. The SMILES string of the molecule is COC[C@H]1CN(C(=O)[C@@H]2CN(C3CCN(C(C)=O)CC3)C[C@H]2c2ccc(OC)cc2)C[C@@H]1c1ccc(C(F)(F)F)cc1N1CCC(C(=O)OC)CC1. The Kier molecular flexibility index (Phi) is 11.7. The van der Waals surface area contributed by atoms with Crippen molar-refractivity contribution in [2.45, 2.75) is 56.7 Å². The highest BCUT2D eigenvalue weighted by Crippen LogP contribution is 2.44. The fraction of sp³-hybridized carbons (Fsp3) is 0.615. The third kappa shape index (κ3) is 8.05. The largest absolute Gasteiger partial charge is 0.497 e. The van der Waals surface area contributed by atoms with Crippen molar-refractivity contribution < 1.29 is 41.8 Å². The van der Waals surface area contributed by atoms with Gasteiger partial charge in [0.05, 0.1) is 38.2 Å². The van der Waals surface area contributed by atoms with Crippen molar-refractivity contribution in [2.24, 2.45) is 17.8 Å². The minimum absolute atomic E-state index is 0.0421. The molecule has 0 unspecified atom stereocenters. The Morgan fingerprint density at radius 3 is 2.10 bits per heavy atom. The minimum Gasteiger partial charge on any atom is -0.497 e. The molecule has 4 aliphatic rings. The molecule has 0 spiro atoms. The van der Waals surface area contributed by atoms with Crippen molar-refractivity contribution in [3.05, 3.63) is 59.2 Å². The number of esters is 1. The van der Waals surface area contributed by atoms with E-state index in [1.54, 1.807) is 27.2 Å². The number of likely N-dealkylation sites (tertiary alicyclic amines) is 3. The quantitative estimate of drug-likeness (QED) is 0.333. The van der Waals surface area contributed by atoms with Gasteiger partial charge in [-0.05, 0) is 61.1 Å². The molecule has 2 aromatic rings. The van der Waals surface area contributed by atoms with Gasteiger partial charge in [-0.25, -0.2) is 0 Å². The number of carbonyl (C=O) groups is 3. The number of hydrogen-bond donors (Lipinski definition) is 0. The number of amides is 2. The fourth-order valence-corrected chi connectivity index (χ4v) is 8.97. The second kappa shape index (κ2) is 16.0. The number of carbonyl (C=O) groups excluding carboxylic acids is 3. The summed E-state index contributed by atoms with van der Waals surface area (Å²) in [4.78, 5) is 47.1. The van der Waals surface area contributed by atoms with Crippen LogP contribution in [0.2, 0.25) is 0 Å². The summed E-state index contributed by atoms with van der Waals surface area (Å²) in [7, 11) is 4.58. The van der Waals surface area contributed by atoms with E-state index < -0.39 is 11.7 Å². The maximum absolute atomic E-state index is 14.7. The van der Waals surface area contributed by atoms with Crippen molar-refractivity contribution >= 4 is 23.5 Å². The van der Waals surface area contributed by atoms with Gasteiger partial charge in [-0.1, -0.05) is 18.2 Å². The average Bonchev–Trinajstić information content (AvgIpc) is 3.79. The van der Waals surface area contributed by atoms with Crippen molar-refractivity contribution in [3.8, 4) is 5.75 Å². The summed E-state index contributed by atoms with van der Waals surface area (Å²) in [5.74, 6) is -0.452. The zero-order chi connectivity index (χ0) is 37.2. The van der Waals surface area contributed by atoms with Gasteiger partial charge in [0.25, 0.3) is 0 Å². The molecule has 284 valence electrons. The molecule has 2 amide bonds.